The summed E-state index contributed by atoms with van der Waals surface area (Å²) in [5.74, 6) is -0.282. The number of amides is 3. The number of alkyl carbamates (subject to hydrolysis) is 1. The number of rotatable bonds is 11. The molecule has 0 aliphatic heterocycles. The molecule has 0 fully saturated rings. The van der Waals surface area contributed by atoms with Gasteiger partial charge in [-0.25, -0.2) is 4.79 Å². The second kappa shape index (κ2) is 13.8. The number of carbonyl (C=O) groups excluding carboxylic acids is 3. The normalized spacial score (nSPS) is 12.8. The molecule has 2 atom stereocenters. The van der Waals surface area contributed by atoms with Crippen molar-refractivity contribution in [2.24, 2.45) is 0 Å². The maximum atomic E-state index is 13.5. The average Bonchev–Trinajstić information content (AvgIpc) is 2.74. The van der Waals surface area contributed by atoms with Crippen LogP contribution in [0.1, 0.15) is 64.1 Å². The van der Waals surface area contributed by atoms with Crippen LogP contribution in [0.5, 0.6) is 0 Å². The Bertz CT molecular complexity index is 828. The summed E-state index contributed by atoms with van der Waals surface area (Å²) >= 11 is 1.54. The van der Waals surface area contributed by atoms with Gasteiger partial charge in [0.2, 0.25) is 5.91 Å². The van der Waals surface area contributed by atoms with Crippen LogP contribution >= 0.6 is 11.8 Å². The molecular weight excluding hydrogens is 438 g/mol. The number of terminal acetylenes is 1. The van der Waals surface area contributed by atoms with Gasteiger partial charge in [0.25, 0.3) is 5.91 Å². The first-order valence-corrected chi connectivity index (χ1v) is 12.6. The van der Waals surface area contributed by atoms with Gasteiger partial charge in [-0.3, -0.25) is 14.5 Å². The molecular formula is C25H37N3O4S. The zero-order valence-electron chi connectivity index (χ0n) is 20.6. The Labute approximate surface area is 202 Å². The minimum atomic E-state index is -1.02. The summed E-state index contributed by atoms with van der Waals surface area (Å²) < 4.78 is 5.32. The van der Waals surface area contributed by atoms with E-state index in [1.54, 1.807) is 32.9 Å². The summed E-state index contributed by atoms with van der Waals surface area (Å²) in [6, 6.07) is 7.75. The van der Waals surface area contributed by atoms with Crippen molar-refractivity contribution in [3.8, 4) is 12.5 Å². The number of carbonyl (C=O) groups is 3. The molecule has 2 unspecified atom stereocenters. The van der Waals surface area contributed by atoms with Crippen molar-refractivity contribution in [3.05, 3.63) is 35.4 Å². The second-order valence-electron chi connectivity index (χ2n) is 8.78. The lowest BCUT2D eigenvalue weighted by atomic mass is 10.0. The summed E-state index contributed by atoms with van der Waals surface area (Å²) in [4.78, 5) is 40.1. The standard InChI is InChI=1S/C25H37N3O4S/c1-8-10-16-26-22(29)21(19-13-11-18(3)12-14-19)28(9-2)23(30)20(15-17-33-7)27-24(31)32-25(4,5)6/h2,11-14,20-21H,8,10,15-17H2,1,3-7H3,(H,26,29)(H,27,31). The summed E-state index contributed by atoms with van der Waals surface area (Å²) in [6.45, 7) is 9.68. The highest BCUT2D eigenvalue weighted by Gasteiger charge is 2.35. The number of nitrogens with one attached hydrogen (secondary N) is 2. The van der Waals surface area contributed by atoms with Gasteiger partial charge in [0.05, 0.1) is 0 Å². The molecule has 7 nitrogen and oxygen atoms in total. The monoisotopic (exact) mass is 475 g/mol. The fourth-order valence-corrected chi connectivity index (χ4v) is 3.50. The Hall–Kier alpha value is -2.66. The molecule has 33 heavy (non-hydrogen) atoms. The molecule has 1 rings (SSSR count). The van der Waals surface area contributed by atoms with Crippen molar-refractivity contribution in [1.82, 2.24) is 15.5 Å². The van der Waals surface area contributed by atoms with Gasteiger partial charge in [0.15, 0.2) is 0 Å². The topological polar surface area (TPSA) is 87.7 Å². The van der Waals surface area contributed by atoms with Crippen molar-refractivity contribution < 1.29 is 19.1 Å². The first kappa shape index (κ1) is 28.4. The zero-order chi connectivity index (χ0) is 25.0. The summed E-state index contributed by atoms with van der Waals surface area (Å²) in [5, 5.41) is 5.51. The third-order valence-corrected chi connectivity index (χ3v) is 5.35. The number of unbranched alkanes of at least 4 members (excludes halogenated alkanes) is 1. The molecule has 0 heterocycles. The SMILES string of the molecule is C#CN(C(=O)C(CCSC)NC(=O)OC(C)(C)C)C(C(=O)NCCCC)c1ccc(C)cc1. The number of hydrogen-bond acceptors (Lipinski definition) is 5. The third-order valence-electron chi connectivity index (χ3n) is 4.71. The highest BCUT2D eigenvalue weighted by molar-refractivity contribution is 7.98. The number of hydrogen-bond donors (Lipinski definition) is 2. The minimum Gasteiger partial charge on any atom is -0.444 e. The van der Waals surface area contributed by atoms with Crippen molar-refractivity contribution >= 4 is 29.7 Å². The molecule has 0 bridgehead atoms. The Morgan fingerprint density at radius 1 is 1.21 bits per heavy atom. The molecule has 1 aromatic rings. The van der Waals surface area contributed by atoms with E-state index >= 15 is 0 Å². The zero-order valence-corrected chi connectivity index (χ0v) is 21.4. The number of benzene rings is 1. The lowest BCUT2D eigenvalue weighted by Gasteiger charge is -2.30. The van der Waals surface area contributed by atoms with Gasteiger partial charge in [-0.05, 0) is 58.1 Å². The number of thioether (sulfide) groups is 1. The van der Waals surface area contributed by atoms with E-state index in [0.29, 0.717) is 24.3 Å². The molecule has 182 valence electrons. The van der Waals surface area contributed by atoms with Crippen LogP contribution in [-0.4, -0.2) is 53.0 Å². The van der Waals surface area contributed by atoms with Gasteiger partial charge in [-0.2, -0.15) is 11.8 Å². The predicted octanol–water partition coefficient (Wildman–Crippen LogP) is 4.02. The van der Waals surface area contributed by atoms with Gasteiger partial charge in [-0.1, -0.05) is 49.6 Å². The second-order valence-corrected chi connectivity index (χ2v) is 9.76. The van der Waals surface area contributed by atoms with Gasteiger partial charge in [-0.15, -0.1) is 0 Å². The van der Waals surface area contributed by atoms with Gasteiger partial charge in [0, 0.05) is 12.6 Å². The van der Waals surface area contributed by atoms with Gasteiger partial charge >= 0.3 is 6.09 Å². The first-order chi connectivity index (χ1) is 15.5. The largest absolute Gasteiger partial charge is 0.444 e. The maximum Gasteiger partial charge on any atom is 0.408 e. The van der Waals surface area contributed by atoms with Crippen LogP contribution in [0, 0.1) is 19.4 Å². The van der Waals surface area contributed by atoms with Crippen molar-refractivity contribution in [2.45, 2.75) is 71.6 Å². The Balaban J connectivity index is 3.26. The molecule has 3 amide bonds. The Morgan fingerprint density at radius 2 is 1.85 bits per heavy atom. The van der Waals surface area contributed by atoms with Crippen LogP contribution in [0.4, 0.5) is 4.79 Å². The smallest absolute Gasteiger partial charge is 0.408 e. The Kier molecular flexibility index (Phi) is 11.9. The molecule has 2 N–H and O–H groups in total. The van der Waals surface area contributed by atoms with E-state index in [-0.39, 0.29) is 5.91 Å². The molecule has 0 radical (unpaired) electrons. The number of nitrogens with zero attached hydrogens (tertiary/aromatic N) is 1. The first-order valence-electron chi connectivity index (χ1n) is 11.2. The van der Waals surface area contributed by atoms with Crippen LogP contribution in [0.3, 0.4) is 0 Å². The molecule has 8 heteroatoms. The summed E-state index contributed by atoms with van der Waals surface area (Å²) in [5.41, 5.74) is 0.903. The van der Waals surface area contributed by atoms with E-state index < -0.39 is 29.7 Å². The molecule has 0 aliphatic carbocycles. The molecule has 0 saturated carbocycles. The molecule has 0 aromatic heterocycles. The van der Waals surface area contributed by atoms with Crippen LogP contribution in [0.25, 0.3) is 0 Å². The molecule has 0 spiro atoms. The van der Waals surface area contributed by atoms with Gasteiger partial charge < -0.3 is 15.4 Å². The van der Waals surface area contributed by atoms with Crippen molar-refractivity contribution in [1.29, 1.82) is 0 Å². The van der Waals surface area contributed by atoms with Crippen molar-refractivity contribution in [3.63, 3.8) is 0 Å². The average molecular weight is 476 g/mol. The van der Waals surface area contributed by atoms with Crippen LogP contribution in [0.2, 0.25) is 0 Å². The summed E-state index contributed by atoms with van der Waals surface area (Å²) in [6.07, 6.45) is 9.03. The maximum absolute atomic E-state index is 13.5. The fraction of sp³-hybridized carbons (Fsp3) is 0.560. The van der Waals surface area contributed by atoms with E-state index in [4.69, 9.17) is 11.2 Å². The van der Waals surface area contributed by atoms with E-state index in [9.17, 15) is 14.4 Å². The third kappa shape index (κ3) is 9.79. The van der Waals surface area contributed by atoms with Crippen LogP contribution < -0.4 is 10.6 Å². The number of aryl methyl sites for hydroxylation is 1. The van der Waals surface area contributed by atoms with Crippen LogP contribution in [-0.2, 0) is 14.3 Å². The molecule has 1 aromatic carbocycles. The van der Waals surface area contributed by atoms with E-state index in [1.165, 1.54) is 11.8 Å². The van der Waals surface area contributed by atoms with E-state index in [1.807, 2.05) is 32.2 Å². The summed E-state index contributed by atoms with van der Waals surface area (Å²) in [7, 11) is 0. The Morgan fingerprint density at radius 3 is 2.36 bits per heavy atom. The quantitative estimate of drug-likeness (QED) is 0.287. The van der Waals surface area contributed by atoms with E-state index in [2.05, 4.69) is 16.7 Å². The lowest BCUT2D eigenvalue weighted by Crippen LogP contribution is -2.51. The lowest BCUT2D eigenvalue weighted by molar-refractivity contribution is -0.138. The van der Waals surface area contributed by atoms with Gasteiger partial charge in [0.1, 0.15) is 17.7 Å². The fourth-order valence-electron chi connectivity index (χ4n) is 3.03. The highest BCUT2D eigenvalue weighted by atomic mass is 32.2. The highest BCUT2D eigenvalue weighted by Crippen LogP contribution is 2.23. The predicted molar refractivity (Wildman–Crippen MR) is 134 cm³/mol. The minimum absolute atomic E-state index is 0.343. The van der Waals surface area contributed by atoms with E-state index in [0.717, 1.165) is 23.3 Å². The number of ether oxygens (including phenoxy) is 1. The molecule has 0 aliphatic rings. The molecule has 0 saturated heterocycles. The van der Waals surface area contributed by atoms with Crippen molar-refractivity contribution in [2.75, 3.05) is 18.6 Å². The van der Waals surface area contributed by atoms with Crippen LogP contribution in [0.15, 0.2) is 24.3 Å².